The van der Waals surface area contributed by atoms with Crippen LogP contribution in [0.25, 0.3) is 0 Å². The summed E-state index contributed by atoms with van der Waals surface area (Å²) in [6, 6.07) is 14.7. The molecule has 3 aromatic rings. The van der Waals surface area contributed by atoms with Gasteiger partial charge in [0.15, 0.2) is 0 Å². The number of carbonyl (C=O) groups excluding carboxylic acids is 2. The number of anilines is 4. The largest absolute Gasteiger partial charge is 0.326 e. The molecule has 0 radical (unpaired) electrons. The van der Waals surface area contributed by atoms with Crippen LogP contribution in [0.4, 0.5) is 23.0 Å². The molecule has 29 heavy (non-hydrogen) atoms. The standard InChI is InChI=1S/C22H23N5O2/c1-13-5-6-14(2)19(11-13)26-21(29)20-12-15(3)23-22(27-20)25-18-9-7-17(8-10-18)24-16(4)28/h5-12H,1-4H3,(H,24,28)(H,26,29)(H,23,25,27). The molecule has 0 saturated carbocycles. The molecule has 2 aromatic carbocycles. The van der Waals surface area contributed by atoms with E-state index >= 15 is 0 Å². The predicted octanol–water partition coefficient (Wildman–Crippen LogP) is 4.36. The molecule has 0 unspecified atom stereocenters. The van der Waals surface area contributed by atoms with E-state index in [1.165, 1.54) is 6.92 Å². The SMILES string of the molecule is CC(=O)Nc1ccc(Nc2nc(C)cc(C(=O)Nc3cc(C)ccc3C)n2)cc1. The van der Waals surface area contributed by atoms with Gasteiger partial charge in [-0.2, -0.15) is 0 Å². The van der Waals surface area contributed by atoms with Gasteiger partial charge in [-0.05, 0) is 68.3 Å². The molecule has 3 N–H and O–H groups in total. The van der Waals surface area contributed by atoms with Gasteiger partial charge >= 0.3 is 0 Å². The van der Waals surface area contributed by atoms with Crippen molar-refractivity contribution in [1.29, 1.82) is 0 Å². The molecule has 0 bridgehead atoms. The quantitative estimate of drug-likeness (QED) is 0.603. The first-order chi connectivity index (χ1) is 13.8. The Balaban J connectivity index is 1.78. The van der Waals surface area contributed by atoms with Crippen molar-refractivity contribution in [3.05, 3.63) is 71.0 Å². The lowest BCUT2D eigenvalue weighted by molar-refractivity contribution is -0.114. The van der Waals surface area contributed by atoms with Crippen LogP contribution in [0.1, 0.15) is 34.2 Å². The highest BCUT2D eigenvalue weighted by Crippen LogP contribution is 2.19. The summed E-state index contributed by atoms with van der Waals surface area (Å²) in [6.45, 7) is 7.18. The van der Waals surface area contributed by atoms with E-state index < -0.39 is 0 Å². The Morgan fingerprint density at radius 1 is 0.828 bits per heavy atom. The molecular weight excluding hydrogens is 366 g/mol. The number of nitrogens with one attached hydrogen (secondary N) is 3. The van der Waals surface area contributed by atoms with Crippen molar-refractivity contribution in [2.45, 2.75) is 27.7 Å². The van der Waals surface area contributed by atoms with Crippen LogP contribution in [0, 0.1) is 20.8 Å². The molecule has 1 aromatic heterocycles. The topological polar surface area (TPSA) is 96.0 Å². The molecule has 7 nitrogen and oxygen atoms in total. The Kier molecular flexibility index (Phi) is 5.87. The van der Waals surface area contributed by atoms with Gasteiger partial charge < -0.3 is 16.0 Å². The second-order valence-electron chi connectivity index (χ2n) is 6.87. The second kappa shape index (κ2) is 8.52. The Hall–Kier alpha value is -3.74. The third-order valence-corrected chi connectivity index (χ3v) is 4.19. The summed E-state index contributed by atoms with van der Waals surface area (Å²) in [7, 11) is 0. The van der Waals surface area contributed by atoms with E-state index in [1.54, 1.807) is 37.3 Å². The highest BCUT2D eigenvalue weighted by molar-refractivity contribution is 6.03. The number of amides is 2. The maximum absolute atomic E-state index is 12.7. The van der Waals surface area contributed by atoms with Crippen molar-refractivity contribution in [3.63, 3.8) is 0 Å². The number of hydrogen-bond donors (Lipinski definition) is 3. The van der Waals surface area contributed by atoms with Crippen molar-refractivity contribution in [2.24, 2.45) is 0 Å². The zero-order valence-corrected chi connectivity index (χ0v) is 16.8. The average Bonchev–Trinajstić information content (AvgIpc) is 2.65. The monoisotopic (exact) mass is 389 g/mol. The number of nitrogens with zero attached hydrogens (tertiary/aromatic N) is 2. The zero-order chi connectivity index (χ0) is 21.0. The highest BCUT2D eigenvalue weighted by Gasteiger charge is 2.12. The summed E-state index contributed by atoms with van der Waals surface area (Å²) in [5, 5.41) is 8.71. The molecule has 0 atom stereocenters. The number of aromatic nitrogens is 2. The van der Waals surface area contributed by atoms with Gasteiger partial charge in [0.1, 0.15) is 5.69 Å². The minimum Gasteiger partial charge on any atom is -0.326 e. The van der Waals surface area contributed by atoms with Gasteiger partial charge in [-0.1, -0.05) is 12.1 Å². The van der Waals surface area contributed by atoms with Crippen LogP contribution in [0.3, 0.4) is 0 Å². The maximum atomic E-state index is 12.7. The van der Waals surface area contributed by atoms with Crippen molar-refractivity contribution in [3.8, 4) is 0 Å². The van der Waals surface area contributed by atoms with Crippen molar-refractivity contribution in [2.75, 3.05) is 16.0 Å². The summed E-state index contributed by atoms with van der Waals surface area (Å²) < 4.78 is 0. The molecule has 0 spiro atoms. The summed E-state index contributed by atoms with van der Waals surface area (Å²) >= 11 is 0. The Labute approximate surface area is 169 Å². The lowest BCUT2D eigenvalue weighted by atomic mass is 10.1. The lowest BCUT2D eigenvalue weighted by Gasteiger charge is -2.11. The smallest absolute Gasteiger partial charge is 0.274 e. The third-order valence-electron chi connectivity index (χ3n) is 4.19. The van der Waals surface area contributed by atoms with Crippen LogP contribution in [0.5, 0.6) is 0 Å². The van der Waals surface area contributed by atoms with Crippen molar-refractivity contribution < 1.29 is 9.59 Å². The van der Waals surface area contributed by atoms with E-state index in [0.29, 0.717) is 17.3 Å². The predicted molar refractivity (Wildman–Crippen MR) is 115 cm³/mol. The molecule has 0 aliphatic rings. The van der Waals surface area contributed by atoms with Gasteiger partial charge in [-0.3, -0.25) is 9.59 Å². The van der Waals surface area contributed by atoms with E-state index in [1.807, 2.05) is 32.0 Å². The number of benzene rings is 2. The number of aryl methyl sites for hydroxylation is 3. The zero-order valence-electron chi connectivity index (χ0n) is 16.8. The number of hydrogen-bond acceptors (Lipinski definition) is 5. The second-order valence-corrected chi connectivity index (χ2v) is 6.87. The Morgan fingerprint density at radius 3 is 2.21 bits per heavy atom. The van der Waals surface area contributed by atoms with E-state index in [4.69, 9.17) is 0 Å². The third kappa shape index (κ3) is 5.38. The summed E-state index contributed by atoms with van der Waals surface area (Å²) in [5.41, 5.74) is 5.18. The van der Waals surface area contributed by atoms with Gasteiger partial charge in [-0.15, -0.1) is 0 Å². The molecule has 2 amide bonds. The van der Waals surface area contributed by atoms with E-state index in [0.717, 1.165) is 22.5 Å². The fraction of sp³-hybridized carbons (Fsp3) is 0.182. The molecular formula is C22H23N5O2. The first-order valence-corrected chi connectivity index (χ1v) is 9.19. The van der Waals surface area contributed by atoms with Crippen LogP contribution >= 0.6 is 0 Å². The molecule has 0 aliphatic heterocycles. The van der Waals surface area contributed by atoms with Crippen molar-refractivity contribution in [1.82, 2.24) is 9.97 Å². The fourth-order valence-electron chi connectivity index (χ4n) is 2.77. The molecule has 0 saturated heterocycles. The molecule has 0 fully saturated rings. The summed E-state index contributed by atoms with van der Waals surface area (Å²) in [4.78, 5) is 32.5. The average molecular weight is 389 g/mol. The summed E-state index contributed by atoms with van der Waals surface area (Å²) in [6.07, 6.45) is 0. The van der Waals surface area contributed by atoms with E-state index in [9.17, 15) is 9.59 Å². The normalized spacial score (nSPS) is 10.3. The van der Waals surface area contributed by atoms with E-state index in [-0.39, 0.29) is 17.5 Å². The molecule has 148 valence electrons. The first-order valence-electron chi connectivity index (χ1n) is 9.19. The number of carbonyl (C=O) groups is 2. The summed E-state index contributed by atoms with van der Waals surface area (Å²) in [5.74, 6) is -0.108. The van der Waals surface area contributed by atoms with Gasteiger partial charge in [-0.25, -0.2) is 9.97 Å². The van der Waals surface area contributed by atoms with Gasteiger partial charge in [0.25, 0.3) is 5.91 Å². The molecule has 1 heterocycles. The minimum absolute atomic E-state index is 0.132. The lowest BCUT2D eigenvalue weighted by Crippen LogP contribution is -2.16. The van der Waals surface area contributed by atoms with Crippen molar-refractivity contribution >= 4 is 34.8 Å². The highest BCUT2D eigenvalue weighted by atomic mass is 16.2. The fourth-order valence-corrected chi connectivity index (χ4v) is 2.77. The molecule has 3 rings (SSSR count). The van der Waals surface area contributed by atoms with Gasteiger partial charge in [0.05, 0.1) is 0 Å². The van der Waals surface area contributed by atoms with E-state index in [2.05, 4.69) is 25.9 Å². The number of rotatable bonds is 5. The maximum Gasteiger partial charge on any atom is 0.274 e. The van der Waals surface area contributed by atoms with Crippen LogP contribution in [0.15, 0.2) is 48.5 Å². The first kappa shape index (κ1) is 20.0. The van der Waals surface area contributed by atoms with Gasteiger partial charge in [0.2, 0.25) is 11.9 Å². The minimum atomic E-state index is -0.298. The van der Waals surface area contributed by atoms with Crippen LogP contribution < -0.4 is 16.0 Å². The molecule has 7 heteroatoms. The Bertz CT molecular complexity index is 1060. The molecule has 0 aliphatic carbocycles. The van der Waals surface area contributed by atoms with Crippen LogP contribution in [0.2, 0.25) is 0 Å². The van der Waals surface area contributed by atoms with Crippen LogP contribution in [-0.2, 0) is 4.79 Å². The van der Waals surface area contributed by atoms with Crippen LogP contribution in [-0.4, -0.2) is 21.8 Å². The van der Waals surface area contributed by atoms with Gasteiger partial charge in [0, 0.05) is 29.7 Å². The Morgan fingerprint density at radius 2 is 1.52 bits per heavy atom.